The summed E-state index contributed by atoms with van der Waals surface area (Å²) < 4.78 is 9.98. The van der Waals surface area contributed by atoms with Gasteiger partial charge in [0, 0.05) is 33.9 Å². The minimum Gasteiger partial charge on any atom is -0.385 e. The maximum atomic E-state index is 11.3. The van der Waals surface area contributed by atoms with E-state index in [9.17, 15) is 4.79 Å². The molecule has 0 aliphatic carbocycles. The average molecular weight is 214 g/mol. The molecule has 0 aromatic heterocycles. The van der Waals surface area contributed by atoms with Gasteiger partial charge in [-0.1, -0.05) is 0 Å². The van der Waals surface area contributed by atoms with Crippen molar-refractivity contribution in [2.75, 3.05) is 40.5 Å². The molecule has 5 nitrogen and oxygen atoms in total. The molecule has 0 saturated carbocycles. The molecule has 0 rings (SSSR count). The van der Waals surface area contributed by atoms with Crippen LogP contribution in [0.2, 0.25) is 0 Å². The molecular formula is C10H18N2O3. The fourth-order valence-electron chi connectivity index (χ4n) is 0.917. The molecule has 0 aromatic carbocycles. The smallest absolute Gasteiger partial charge is 0.248 e. The van der Waals surface area contributed by atoms with Crippen LogP contribution in [0.3, 0.4) is 0 Å². The van der Waals surface area contributed by atoms with Crippen LogP contribution in [0.4, 0.5) is 0 Å². The van der Waals surface area contributed by atoms with Gasteiger partial charge in [-0.15, -0.1) is 0 Å². The number of amides is 1. The van der Waals surface area contributed by atoms with Crippen LogP contribution in [-0.2, 0) is 14.3 Å². The molecule has 0 saturated heterocycles. The second-order valence-corrected chi connectivity index (χ2v) is 3.12. The number of ether oxygens (including phenoxy) is 2. The van der Waals surface area contributed by atoms with Crippen LogP contribution in [-0.4, -0.2) is 51.3 Å². The average Bonchev–Trinajstić information content (AvgIpc) is 2.25. The third kappa shape index (κ3) is 7.91. The summed E-state index contributed by atoms with van der Waals surface area (Å²) in [6, 6.07) is 1.99. The highest BCUT2D eigenvalue weighted by Gasteiger charge is 2.07. The number of hydrogen-bond acceptors (Lipinski definition) is 4. The van der Waals surface area contributed by atoms with Gasteiger partial charge in [0.05, 0.1) is 12.5 Å². The molecule has 0 atom stereocenters. The molecule has 0 aromatic rings. The number of hydrogen-bond donors (Lipinski definition) is 0. The molecule has 0 N–H and O–H groups in total. The maximum absolute atomic E-state index is 11.3. The van der Waals surface area contributed by atoms with Crippen molar-refractivity contribution in [3.8, 4) is 6.07 Å². The summed E-state index contributed by atoms with van der Waals surface area (Å²) in [7, 11) is 3.29. The third-order valence-corrected chi connectivity index (χ3v) is 1.85. The fraction of sp³-hybridized carbons (Fsp3) is 0.800. The van der Waals surface area contributed by atoms with Gasteiger partial charge in [0.25, 0.3) is 0 Å². The second-order valence-electron chi connectivity index (χ2n) is 3.12. The molecule has 0 aliphatic rings. The number of carbonyl (C=O) groups excluding carboxylic acids is 1. The molecule has 1 amide bonds. The summed E-state index contributed by atoms with van der Waals surface area (Å²) in [5.74, 6) is -0.0948. The highest BCUT2D eigenvalue weighted by molar-refractivity contribution is 5.77. The van der Waals surface area contributed by atoms with Crippen molar-refractivity contribution in [3.63, 3.8) is 0 Å². The Morgan fingerprint density at radius 3 is 2.80 bits per heavy atom. The minimum atomic E-state index is -0.0948. The lowest BCUT2D eigenvalue weighted by Gasteiger charge is -2.15. The minimum absolute atomic E-state index is 0.0750. The number of carbonyl (C=O) groups is 1. The van der Waals surface area contributed by atoms with Crippen molar-refractivity contribution in [2.45, 2.75) is 12.8 Å². The number of rotatable bonds is 8. The van der Waals surface area contributed by atoms with Gasteiger partial charge in [-0.25, -0.2) is 0 Å². The van der Waals surface area contributed by atoms with Crippen LogP contribution in [0, 0.1) is 11.3 Å². The van der Waals surface area contributed by atoms with Gasteiger partial charge in [0.2, 0.25) is 5.91 Å². The van der Waals surface area contributed by atoms with Gasteiger partial charge in [0.1, 0.15) is 6.61 Å². The van der Waals surface area contributed by atoms with Gasteiger partial charge in [-0.2, -0.15) is 5.26 Å². The van der Waals surface area contributed by atoms with Crippen LogP contribution in [0.1, 0.15) is 12.8 Å². The van der Waals surface area contributed by atoms with E-state index < -0.39 is 0 Å². The molecule has 0 unspecified atom stereocenters. The lowest BCUT2D eigenvalue weighted by molar-refractivity contribution is -0.134. The number of methoxy groups -OCH3 is 1. The van der Waals surface area contributed by atoms with Gasteiger partial charge in [0.15, 0.2) is 0 Å². The van der Waals surface area contributed by atoms with Crippen LogP contribution < -0.4 is 0 Å². The first-order chi connectivity index (χ1) is 7.22. The SMILES string of the molecule is COCCCOCC(=O)N(C)CCC#N. The van der Waals surface area contributed by atoms with Crippen LogP contribution >= 0.6 is 0 Å². The first-order valence-electron chi connectivity index (χ1n) is 4.90. The summed E-state index contributed by atoms with van der Waals surface area (Å²) in [4.78, 5) is 12.8. The molecule has 0 radical (unpaired) electrons. The lowest BCUT2D eigenvalue weighted by Crippen LogP contribution is -2.31. The van der Waals surface area contributed by atoms with E-state index in [2.05, 4.69) is 0 Å². The Hall–Kier alpha value is -1.12. The quantitative estimate of drug-likeness (QED) is 0.549. The standard InChI is InChI=1S/C10H18N2O3/c1-12(6-3-5-11)10(13)9-15-8-4-7-14-2/h3-4,6-9H2,1-2H3. The Kier molecular flexibility index (Phi) is 8.73. The molecule has 15 heavy (non-hydrogen) atoms. The Labute approximate surface area is 90.6 Å². The van der Waals surface area contributed by atoms with E-state index in [1.165, 1.54) is 4.90 Å². The summed E-state index contributed by atoms with van der Waals surface area (Å²) in [6.45, 7) is 1.69. The van der Waals surface area contributed by atoms with Gasteiger partial charge in [-0.05, 0) is 6.42 Å². The fourth-order valence-corrected chi connectivity index (χ4v) is 0.917. The summed E-state index contributed by atoms with van der Waals surface area (Å²) in [6.07, 6.45) is 1.14. The Morgan fingerprint density at radius 2 is 2.20 bits per heavy atom. The van der Waals surface area contributed by atoms with E-state index in [0.29, 0.717) is 26.2 Å². The molecular weight excluding hydrogens is 196 g/mol. The van der Waals surface area contributed by atoms with E-state index in [1.807, 2.05) is 6.07 Å². The van der Waals surface area contributed by atoms with Crippen molar-refractivity contribution >= 4 is 5.91 Å². The number of likely N-dealkylation sites (N-methyl/N-ethyl adjacent to an activating group) is 1. The highest BCUT2D eigenvalue weighted by atomic mass is 16.5. The predicted molar refractivity (Wildman–Crippen MR) is 55.2 cm³/mol. The monoisotopic (exact) mass is 214 g/mol. The van der Waals surface area contributed by atoms with E-state index in [0.717, 1.165) is 6.42 Å². The van der Waals surface area contributed by atoms with Crippen LogP contribution in [0.15, 0.2) is 0 Å². The summed E-state index contributed by atoms with van der Waals surface area (Å²) in [5.41, 5.74) is 0. The molecule has 0 fully saturated rings. The topological polar surface area (TPSA) is 62.6 Å². The predicted octanol–water partition coefficient (Wildman–Crippen LogP) is 0.412. The molecule has 5 heteroatoms. The molecule has 0 aliphatic heterocycles. The van der Waals surface area contributed by atoms with E-state index in [1.54, 1.807) is 14.2 Å². The Morgan fingerprint density at radius 1 is 1.47 bits per heavy atom. The summed E-state index contributed by atoms with van der Waals surface area (Å²) >= 11 is 0. The first-order valence-corrected chi connectivity index (χ1v) is 4.90. The normalized spacial score (nSPS) is 9.67. The lowest BCUT2D eigenvalue weighted by atomic mass is 10.4. The van der Waals surface area contributed by atoms with E-state index in [-0.39, 0.29) is 12.5 Å². The van der Waals surface area contributed by atoms with Gasteiger partial charge in [-0.3, -0.25) is 4.79 Å². The zero-order valence-corrected chi connectivity index (χ0v) is 9.36. The zero-order chi connectivity index (χ0) is 11.5. The Balaban J connectivity index is 3.43. The molecule has 0 spiro atoms. The second kappa shape index (κ2) is 9.44. The maximum Gasteiger partial charge on any atom is 0.248 e. The van der Waals surface area contributed by atoms with Gasteiger partial charge < -0.3 is 14.4 Å². The van der Waals surface area contributed by atoms with E-state index >= 15 is 0 Å². The molecule has 0 bridgehead atoms. The largest absolute Gasteiger partial charge is 0.385 e. The summed E-state index contributed by atoms with van der Waals surface area (Å²) in [5, 5.41) is 8.34. The van der Waals surface area contributed by atoms with Crippen molar-refractivity contribution in [3.05, 3.63) is 0 Å². The highest BCUT2D eigenvalue weighted by Crippen LogP contribution is 1.90. The first kappa shape index (κ1) is 13.9. The van der Waals surface area contributed by atoms with Crippen molar-refractivity contribution in [2.24, 2.45) is 0 Å². The third-order valence-electron chi connectivity index (χ3n) is 1.85. The number of nitrogens with zero attached hydrogens (tertiary/aromatic N) is 2. The molecule has 86 valence electrons. The zero-order valence-electron chi connectivity index (χ0n) is 9.36. The van der Waals surface area contributed by atoms with Crippen LogP contribution in [0.5, 0.6) is 0 Å². The van der Waals surface area contributed by atoms with E-state index in [4.69, 9.17) is 14.7 Å². The molecule has 0 heterocycles. The van der Waals surface area contributed by atoms with Gasteiger partial charge >= 0.3 is 0 Å². The van der Waals surface area contributed by atoms with Crippen LogP contribution in [0.25, 0.3) is 0 Å². The van der Waals surface area contributed by atoms with Crippen molar-refractivity contribution < 1.29 is 14.3 Å². The van der Waals surface area contributed by atoms with Crippen molar-refractivity contribution in [1.29, 1.82) is 5.26 Å². The Bertz CT molecular complexity index is 213. The van der Waals surface area contributed by atoms with Crippen molar-refractivity contribution in [1.82, 2.24) is 4.90 Å². The number of nitriles is 1.